The molecule has 1 aliphatic rings. The molecule has 13 heavy (non-hydrogen) atoms. The standard InChI is InChI=1S/C13H26/c1-4-8-13(9-5-2)10-6-12(3)7-11-13/h12H,4-11H2,1-3H3. The molecular formula is C13H26. The molecule has 0 aromatic rings. The van der Waals surface area contributed by atoms with Crippen LogP contribution in [0, 0.1) is 11.3 Å². The first-order chi connectivity index (χ1) is 6.22. The number of hydrogen-bond donors (Lipinski definition) is 0. The molecule has 0 unspecified atom stereocenters. The third kappa shape index (κ3) is 3.00. The highest BCUT2D eigenvalue weighted by atomic mass is 14.4. The molecule has 1 rings (SSSR count). The molecule has 78 valence electrons. The SMILES string of the molecule is CCCC1(CCC)CCC(C)CC1. The van der Waals surface area contributed by atoms with Crippen LogP contribution in [0.5, 0.6) is 0 Å². The average molecular weight is 182 g/mol. The van der Waals surface area contributed by atoms with Crippen molar-refractivity contribution in [2.75, 3.05) is 0 Å². The van der Waals surface area contributed by atoms with Crippen molar-refractivity contribution in [3.63, 3.8) is 0 Å². The highest BCUT2D eigenvalue weighted by Gasteiger charge is 2.31. The quantitative estimate of drug-likeness (QED) is 0.587. The maximum absolute atomic E-state index is 2.42. The van der Waals surface area contributed by atoms with Gasteiger partial charge >= 0.3 is 0 Å². The van der Waals surface area contributed by atoms with Gasteiger partial charge in [0.1, 0.15) is 0 Å². The summed E-state index contributed by atoms with van der Waals surface area (Å²) in [7, 11) is 0. The summed E-state index contributed by atoms with van der Waals surface area (Å²) in [6.45, 7) is 7.10. The molecule has 0 bridgehead atoms. The lowest BCUT2D eigenvalue weighted by Crippen LogP contribution is -2.26. The number of rotatable bonds is 4. The van der Waals surface area contributed by atoms with Gasteiger partial charge in [0.2, 0.25) is 0 Å². The molecule has 1 saturated carbocycles. The Morgan fingerprint density at radius 2 is 1.46 bits per heavy atom. The van der Waals surface area contributed by atoms with Crippen molar-refractivity contribution in [1.29, 1.82) is 0 Å². The van der Waals surface area contributed by atoms with Crippen LogP contribution in [0.15, 0.2) is 0 Å². The van der Waals surface area contributed by atoms with E-state index in [9.17, 15) is 0 Å². The zero-order valence-electron chi connectivity index (χ0n) is 9.73. The Kier molecular flexibility index (Phi) is 4.28. The lowest BCUT2D eigenvalue weighted by molar-refractivity contribution is 0.127. The van der Waals surface area contributed by atoms with Gasteiger partial charge in [0.15, 0.2) is 0 Å². The van der Waals surface area contributed by atoms with E-state index in [4.69, 9.17) is 0 Å². The molecular weight excluding hydrogens is 156 g/mol. The van der Waals surface area contributed by atoms with E-state index in [1.807, 2.05) is 0 Å². The second-order valence-corrected chi connectivity index (χ2v) is 5.18. The zero-order valence-corrected chi connectivity index (χ0v) is 9.73. The second-order valence-electron chi connectivity index (χ2n) is 5.18. The number of hydrogen-bond acceptors (Lipinski definition) is 0. The maximum atomic E-state index is 2.42. The first kappa shape index (κ1) is 11.1. The van der Waals surface area contributed by atoms with Crippen LogP contribution in [0.1, 0.15) is 72.1 Å². The van der Waals surface area contributed by atoms with Crippen LogP contribution in [-0.2, 0) is 0 Å². The molecule has 0 heterocycles. The third-order valence-electron chi connectivity index (χ3n) is 3.90. The van der Waals surface area contributed by atoms with Gasteiger partial charge in [-0.1, -0.05) is 46.5 Å². The lowest BCUT2D eigenvalue weighted by Gasteiger charge is -2.39. The molecule has 1 fully saturated rings. The van der Waals surface area contributed by atoms with E-state index in [0.29, 0.717) is 0 Å². The predicted molar refractivity (Wildman–Crippen MR) is 59.9 cm³/mol. The van der Waals surface area contributed by atoms with Crippen LogP contribution in [-0.4, -0.2) is 0 Å². The summed E-state index contributed by atoms with van der Waals surface area (Å²) in [5.74, 6) is 1.00. The van der Waals surface area contributed by atoms with Gasteiger partial charge in [-0.3, -0.25) is 0 Å². The third-order valence-corrected chi connectivity index (χ3v) is 3.90. The molecule has 0 heteroatoms. The van der Waals surface area contributed by atoms with Crippen molar-refractivity contribution in [2.45, 2.75) is 72.1 Å². The van der Waals surface area contributed by atoms with Crippen molar-refractivity contribution < 1.29 is 0 Å². The van der Waals surface area contributed by atoms with Crippen molar-refractivity contribution in [3.05, 3.63) is 0 Å². The molecule has 0 radical (unpaired) electrons. The summed E-state index contributed by atoms with van der Waals surface area (Å²) in [6.07, 6.45) is 11.7. The maximum Gasteiger partial charge on any atom is -0.0297 e. The van der Waals surface area contributed by atoms with Crippen molar-refractivity contribution in [3.8, 4) is 0 Å². The van der Waals surface area contributed by atoms with Crippen LogP contribution in [0.25, 0.3) is 0 Å². The molecule has 0 nitrogen and oxygen atoms in total. The molecule has 0 saturated heterocycles. The van der Waals surface area contributed by atoms with Gasteiger partial charge < -0.3 is 0 Å². The van der Waals surface area contributed by atoms with Gasteiger partial charge in [-0.15, -0.1) is 0 Å². The smallest absolute Gasteiger partial charge is 0.0297 e. The van der Waals surface area contributed by atoms with Crippen LogP contribution in [0.3, 0.4) is 0 Å². The first-order valence-electron chi connectivity index (χ1n) is 6.22. The van der Waals surface area contributed by atoms with E-state index in [2.05, 4.69) is 20.8 Å². The molecule has 0 aromatic carbocycles. The van der Waals surface area contributed by atoms with Crippen LogP contribution in [0.4, 0.5) is 0 Å². The van der Waals surface area contributed by atoms with Crippen LogP contribution in [0.2, 0.25) is 0 Å². The van der Waals surface area contributed by atoms with E-state index in [-0.39, 0.29) is 0 Å². The summed E-state index contributed by atoms with van der Waals surface area (Å²) >= 11 is 0. The Morgan fingerprint density at radius 3 is 1.85 bits per heavy atom. The van der Waals surface area contributed by atoms with E-state index < -0.39 is 0 Å². The summed E-state index contributed by atoms with van der Waals surface area (Å²) in [5, 5.41) is 0. The highest BCUT2D eigenvalue weighted by molar-refractivity contribution is 4.83. The molecule has 0 aliphatic heterocycles. The predicted octanol–water partition coefficient (Wildman–Crippen LogP) is 4.78. The topological polar surface area (TPSA) is 0 Å². The Hall–Kier alpha value is 0. The lowest BCUT2D eigenvalue weighted by atomic mass is 9.66. The summed E-state index contributed by atoms with van der Waals surface area (Å²) in [6, 6.07) is 0. The molecule has 0 aromatic heterocycles. The van der Waals surface area contributed by atoms with Gasteiger partial charge in [-0.2, -0.15) is 0 Å². The van der Waals surface area contributed by atoms with Crippen LogP contribution >= 0.6 is 0 Å². The van der Waals surface area contributed by atoms with Gasteiger partial charge in [0.25, 0.3) is 0 Å². The van der Waals surface area contributed by atoms with E-state index in [1.54, 1.807) is 0 Å². The Labute approximate surface area is 84.1 Å². The van der Waals surface area contributed by atoms with Crippen molar-refractivity contribution in [2.24, 2.45) is 11.3 Å². The summed E-state index contributed by atoms with van der Waals surface area (Å²) < 4.78 is 0. The molecule has 0 N–H and O–H groups in total. The Morgan fingerprint density at radius 1 is 1.00 bits per heavy atom. The Bertz CT molecular complexity index is 121. The molecule has 0 atom stereocenters. The summed E-state index contributed by atoms with van der Waals surface area (Å²) in [5.41, 5.74) is 0.760. The zero-order chi connectivity index (χ0) is 9.73. The Balaban J connectivity index is 2.47. The minimum atomic E-state index is 0.760. The van der Waals surface area contributed by atoms with Gasteiger partial charge in [-0.25, -0.2) is 0 Å². The minimum Gasteiger partial charge on any atom is -0.0654 e. The van der Waals surface area contributed by atoms with E-state index in [1.165, 1.54) is 51.4 Å². The minimum absolute atomic E-state index is 0.760. The molecule has 0 spiro atoms. The highest BCUT2D eigenvalue weighted by Crippen LogP contribution is 2.45. The molecule has 0 amide bonds. The first-order valence-corrected chi connectivity index (χ1v) is 6.22. The fraction of sp³-hybridized carbons (Fsp3) is 1.00. The largest absolute Gasteiger partial charge is 0.0654 e. The summed E-state index contributed by atoms with van der Waals surface area (Å²) in [4.78, 5) is 0. The fourth-order valence-electron chi connectivity index (χ4n) is 3.06. The molecule has 1 aliphatic carbocycles. The van der Waals surface area contributed by atoms with Gasteiger partial charge in [0.05, 0.1) is 0 Å². The normalized spacial score (nSPS) is 23.3. The average Bonchev–Trinajstić information content (AvgIpc) is 2.11. The van der Waals surface area contributed by atoms with Crippen LogP contribution < -0.4 is 0 Å². The fourth-order valence-corrected chi connectivity index (χ4v) is 3.06. The van der Waals surface area contributed by atoms with E-state index in [0.717, 1.165) is 11.3 Å². The monoisotopic (exact) mass is 182 g/mol. The second kappa shape index (κ2) is 5.02. The van der Waals surface area contributed by atoms with Crippen molar-refractivity contribution >= 4 is 0 Å². The van der Waals surface area contributed by atoms with Gasteiger partial charge in [0, 0.05) is 0 Å². The van der Waals surface area contributed by atoms with Gasteiger partial charge in [-0.05, 0) is 37.0 Å². The van der Waals surface area contributed by atoms with E-state index >= 15 is 0 Å². The van der Waals surface area contributed by atoms with Crippen molar-refractivity contribution in [1.82, 2.24) is 0 Å².